The number of hydrogen-bond donors (Lipinski definition) is 0. The minimum absolute atomic E-state index is 0.373. The Bertz CT molecular complexity index is 711. The molecule has 3 rings (SSSR count). The molecule has 0 radical (unpaired) electrons. The van der Waals surface area contributed by atoms with Gasteiger partial charge in [0.15, 0.2) is 17.5 Å². The van der Waals surface area contributed by atoms with Crippen molar-refractivity contribution in [3.63, 3.8) is 0 Å². The number of benzene rings is 2. The fraction of sp³-hybridized carbons (Fsp3) is 0.300. The maximum absolute atomic E-state index is 13.4. The Morgan fingerprint density at radius 3 is 2.43 bits per heavy atom. The van der Waals surface area contributed by atoms with Gasteiger partial charge in [-0.05, 0) is 72.4 Å². The van der Waals surface area contributed by atoms with Gasteiger partial charge in [0, 0.05) is 0 Å². The summed E-state index contributed by atoms with van der Waals surface area (Å²) < 4.78 is 39.9. The van der Waals surface area contributed by atoms with Crippen LogP contribution >= 0.6 is 0 Å². The van der Waals surface area contributed by atoms with Gasteiger partial charge in [0.25, 0.3) is 0 Å². The van der Waals surface area contributed by atoms with Crippen molar-refractivity contribution < 1.29 is 13.2 Å². The highest BCUT2D eigenvalue weighted by atomic mass is 19.2. The molecule has 1 unspecified atom stereocenters. The molecule has 0 saturated carbocycles. The van der Waals surface area contributed by atoms with E-state index < -0.39 is 17.5 Å². The highest BCUT2D eigenvalue weighted by Crippen LogP contribution is 2.32. The van der Waals surface area contributed by atoms with E-state index in [0.29, 0.717) is 11.5 Å². The van der Waals surface area contributed by atoms with Gasteiger partial charge >= 0.3 is 0 Å². The average molecular weight is 316 g/mol. The number of fused-ring (bicyclic) bond motifs is 1. The molecule has 2 aromatic rings. The van der Waals surface area contributed by atoms with Gasteiger partial charge in [0.2, 0.25) is 0 Å². The second-order valence-corrected chi connectivity index (χ2v) is 6.21. The maximum Gasteiger partial charge on any atom is 0.194 e. The van der Waals surface area contributed by atoms with Crippen molar-refractivity contribution in [1.29, 1.82) is 0 Å². The molecule has 0 amide bonds. The SMILES string of the molecule is C=CCCC1CCc2cc(-c3cc(F)c(F)c(F)c3)ccc2C1. The molecule has 120 valence electrons. The van der Waals surface area contributed by atoms with Crippen LogP contribution in [0.2, 0.25) is 0 Å². The van der Waals surface area contributed by atoms with Crippen LogP contribution in [0.1, 0.15) is 30.4 Å². The van der Waals surface area contributed by atoms with E-state index >= 15 is 0 Å². The van der Waals surface area contributed by atoms with Crippen LogP contribution < -0.4 is 0 Å². The topological polar surface area (TPSA) is 0 Å². The van der Waals surface area contributed by atoms with E-state index in [1.54, 1.807) is 0 Å². The molecule has 0 N–H and O–H groups in total. The molecule has 0 fully saturated rings. The first-order chi connectivity index (χ1) is 11.1. The lowest BCUT2D eigenvalue weighted by Crippen LogP contribution is -2.14. The highest BCUT2D eigenvalue weighted by molar-refractivity contribution is 5.65. The Hall–Kier alpha value is -2.03. The summed E-state index contributed by atoms with van der Waals surface area (Å²) in [7, 11) is 0. The van der Waals surface area contributed by atoms with Gasteiger partial charge in [-0.25, -0.2) is 13.2 Å². The van der Waals surface area contributed by atoms with E-state index in [4.69, 9.17) is 0 Å². The van der Waals surface area contributed by atoms with Crippen molar-refractivity contribution in [2.24, 2.45) is 5.92 Å². The van der Waals surface area contributed by atoms with Crippen molar-refractivity contribution in [2.45, 2.75) is 32.1 Å². The van der Waals surface area contributed by atoms with E-state index in [1.165, 1.54) is 11.1 Å². The first-order valence-electron chi connectivity index (χ1n) is 7.96. The zero-order valence-electron chi connectivity index (χ0n) is 12.9. The molecule has 0 aromatic heterocycles. The first kappa shape index (κ1) is 15.9. The molecule has 23 heavy (non-hydrogen) atoms. The summed E-state index contributed by atoms with van der Waals surface area (Å²) in [5.74, 6) is -3.05. The molecule has 0 spiro atoms. The van der Waals surface area contributed by atoms with Crippen molar-refractivity contribution in [3.05, 3.63) is 71.6 Å². The third-order valence-electron chi connectivity index (χ3n) is 4.63. The smallest absolute Gasteiger partial charge is 0.194 e. The zero-order chi connectivity index (χ0) is 16.4. The van der Waals surface area contributed by atoms with Crippen molar-refractivity contribution in [2.75, 3.05) is 0 Å². The van der Waals surface area contributed by atoms with Gasteiger partial charge in [0.05, 0.1) is 0 Å². The quantitative estimate of drug-likeness (QED) is 0.491. The zero-order valence-corrected chi connectivity index (χ0v) is 12.9. The minimum atomic E-state index is -1.42. The van der Waals surface area contributed by atoms with Crippen molar-refractivity contribution >= 4 is 0 Å². The number of allylic oxidation sites excluding steroid dienone is 1. The second kappa shape index (κ2) is 6.61. The molecule has 0 heterocycles. The van der Waals surface area contributed by atoms with E-state index in [0.717, 1.165) is 49.8 Å². The van der Waals surface area contributed by atoms with E-state index in [9.17, 15) is 13.2 Å². The van der Waals surface area contributed by atoms with Crippen LogP contribution in [-0.4, -0.2) is 0 Å². The Morgan fingerprint density at radius 1 is 1.00 bits per heavy atom. The highest BCUT2D eigenvalue weighted by Gasteiger charge is 2.19. The average Bonchev–Trinajstić information content (AvgIpc) is 2.56. The molecule has 2 aromatic carbocycles. The lowest BCUT2D eigenvalue weighted by atomic mass is 9.80. The molecular weight excluding hydrogens is 297 g/mol. The molecule has 0 bridgehead atoms. The summed E-state index contributed by atoms with van der Waals surface area (Å²) in [6.45, 7) is 3.77. The summed E-state index contributed by atoms with van der Waals surface area (Å²) in [5, 5.41) is 0. The summed E-state index contributed by atoms with van der Waals surface area (Å²) in [6, 6.07) is 7.97. The minimum Gasteiger partial charge on any atom is -0.204 e. The van der Waals surface area contributed by atoms with Crippen molar-refractivity contribution in [1.82, 2.24) is 0 Å². The number of rotatable bonds is 4. The summed E-state index contributed by atoms with van der Waals surface area (Å²) in [5.41, 5.74) is 3.63. The van der Waals surface area contributed by atoms with Crippen molar-refractivity contribution in [3.8, 4) is 11.1 Å². The van der Waals surface area contributed by atoms with Gasteiger partial charge in [-0.3, -0.25) is 0 Å². The fourth-order valence-corrected chi connectivity index (χ4v) is 3.33. The first-order valence-corrected chi connectivity index (χ1v) is 7.96. The summed E-state index contributed by atoms with van der Waals surface area (Å²) in [4.78, 5) is 0. The standard InChI is InChI=1S/C20H19F3/c1-2-3-4-13-5-6-15-10-16(8-7-14(15)9-13)17-11-18(21)20(23)19(22)12-17/h2,7-8,10-13H,1,3-6,9H2. The number of hydrogen-bond acceptors (Lipinski definition) is 0. The largest absolute Gasteiger partial charge is 0.204 e. The van der Waals surface area contributed by atoms with Gasteiger partial charge in [-0.1, -0.05) is 24.3 Å². The summed E-state index contributed by atoms with van der Waals surface area (Å²) in [6.07, 6.45) is 7.27. The van der Waals surface area contributed by atoms with Crippen LogP contribution in [0.3, 0.4) is 0 Å². The molecule has 1 atom stereocenters. The number of aryl methyl sites for hydroxylation is 1. The summed E-state index contributed by atoms with van der Waals surface area (Å²) >= 11 is 0. The molecule has 0 saturated heterocycles. The van der Waals surface area contributed by atoms with Crippen LogP contribution in [-0.2, 0) is 12.8 Å². The monoisotopic (exact) mass is 316 g/mol. The molecular formula is C20H19F3. The number of halogens is 3. The fourth-order valence-electron chi connectivity index (χ4n) is 3.33. The van der Waals surface area contributed by atoms with Gasteiger partial charge in [0.1, 0.15) is 0 Å². The normalized spacial score (nSPS) is 16.9. The Labute approximate surface area is 134 Å². The lowest BCUT2D eigenvalue weighted by molar-refractivity contribution is 0.431. The predicted octanol–water partition coefficient (Wildman–Crippen LogP) is 5.84. The lowest BCUT2D eigenvalue weighted by Gasteiger charge is -2.25. The van der Waals surface area contributed by atoms with E-state index in [1.807, 2.05) is 24.3 Å². The van der Waals surface area contributed by atoms with E-state index in [-0.39, 0.29) is 0 Å². The van der Waals surface area contributed by atoms with Gasteiger partial charge < -0.3 is 0 Å². The predicted molar refractivity (Wildman–Crippen MR) is 86.7 cm³/mol. The van der Waals surface area contributed by atoms with E-state index in [2.05, 4.69) is 6.58 Å². The van der Waals surface area contributed by atoms with Crippen LogP contribution in [0, 0.1) is 23.4 Å². The maximum atomic E-state index is 13.4. The van der Waals surface area contributed by atoms with Crippen LogP contribution in [0.5, 0.6) is 0 Å². The third kappa shape index (κ3) is 3.34. The van der Waals surface area contributed by atoms with Gasteiger partial charge in [-0.2, -0.15) is 0 Å². The Morgan fingerprint density at radius 2 is 1.74 bits per heavy atom. The molecule has 3 heteroatoms. The Kier molecular flexibility index (Phi) is 4.56. The second-order valence-electron chi connectivity index (χ2n) is 6.21. The Balaban J connectivity index is 1.86. The molecule has 0 nitrogen and oxygen atoms in total. The van der Waals surface area contributed by atoms with Crippen LogP contribution in [0.15, 0.2) is 43.0 Å². The van der Waals surface area contributed by atoms with Gasteiger partial charge in [-0.15, -0.1) is 6.58 Å². The van der Waals surface area contributed by atoms with Crippen LogP contribution in [0.25, 0.3) is 11.1 Å². The molecule has 0 aliphatic heterocycles. The molecule has 1 aliphatic carbocycles. The molecule has 1 aliphatic rings. The third-order valence-corrected chi connectivity index (χ3v) is 4.63. The van der Waals surface area contributed by atoms with Crippen LogP contribution in [0.4, 0.5) is 13.2 Å².